The second kappa shape index (κ2) is 7.28. The van der Waals surface area contributed by atoms with Crippen LogP contribution in [0.25, 0.3) is 0 Å². The molecule has 0 aromatic heterocycles. The summed E-state index contributed by atoms with van der Waals surface area (Å²) in [6.07, 6.45) is 3.83. The summed E-state index contributed by atoms with van der Waals surface area (Å²) in [6.45, 7) is 8.13. The quantitative estimate of drug-likeness (QED) is 0.901. The van der Waals surface area contributed by atoms with Crippen LogP contribution in [-0.4, -0.2) is 30.6 Å². The monoisotopic (exact) mass is 280 g/mol. The normalized spacial score (nSPS) is 23.0. The predicted octanol–water partition coefficient (Wildman–Crippen LogP) is 3.87. The van der Waals surface area contributed by atoms with Gasteiger partial charge in [0.15, 0.2) is 0 Å². The molecule has 1 saturated heterocycles. The minimum atomic E-state index is 0.372. The lowest BCUT2D eigenvalue weighted by Gasteiger charge is -2.23. The van der Waals surface area contributed by atoms with Gasteiger partial charge in [0, 0.05) is 17.1 Å². The van der Waals surface area contributed by atoms with Gasteiger partial charge in [0.2, 0.25) is 0 Å². The third-order valence-electron chi connectivity index (χ3n) is 4.10. The molecule has 2 nitrogen and oxygen atoms in total. The smallest absolute Gasteiger partial charge is 0.0409 e. The molecule has 1 fully saturated rings. The first-order valence-corrected chi connectivity index (χ1v) is 7.80. The molecular formula is C16H25ClN2. The van der Waals surface area contributed by atoms with Crippen molar-refractivity contribution in [2.24, 2.45) is 0 Å². The van der Waals surface area contributed by atoms with Crippen LogP contribution in [-0.2, 0) is 0 Å². The number of likely N-dealkylation sites (tertiary alicyclic amines) is 1. The summed E-state index contributed by atoms with van der Waals surface area (Å²) >= 11 is 6.06. The Morgan fingerprint density at radius 1 is 1.37 bits per heavy atom. The lowest BCUT2D eigenvalue weighted by atomic mass is 10.0. The molecule has 0 amide bonds. The van der Waals surface area contributed by atoms with Crippen molar-refractivity contribution in [3.63, 3.8) is 0 Å². The van der Waals surface area contributed by atoms with Crippen LogP contribution in [0, 0.1) is 0 Å². The Balaban J connectivity index is 1.90. The molecule has 1 aromatic carbocycles. The summed E-state index contributed by atoms with van der Waals surface area (Å²) in [5.74, 6) is 0. The Kier molecular flexibility index (Phi) is 5.68. The summed E-state index contributed by atoms with van der Waals surface area (Å²) in [4.78, 5) is 2.55. The minimum Gasteiger partial charge on any atom is -0.307 e. The number of hydrogen-bond donors (Lipinski definition) is 1. The number of nitrogens with zero attached hydrogens (tertiary/aromatic N) is 1. The highest BCUT2D eigenvalue weighted by atomic mass is 35.5. The van der Waals surface area contributed by atoms with E-state index >= 15 is 0 Å². The summed E-state index contributed by atoms with van der Waals surface area (Å²) < 4.78 is 0. The van der Waals surface area contributed by atoms with Gasteiger partial charge in [-0.15, -0.1) is 0 Å². The SMILES string of the molecule is CCN1CCCC(NC(C)c2cccc(Cl)c2)CC1. The summed E-state index contributed by atoms with van der Waals surface area (Å²) in [5, 5.41) is 4.58. The molecule has 0 bridgehead atoms. The molecule has 1 aromatic rings. The molecule has 0 aliphatic carbocycles. The third-order valence-corrected chi connectivity index (χ3v) is 4.34. The van der Waals surface area contributed by atoms with Crippen molar-refractivity contribution >= 4 is 11.6 Å². The van der Waals surface area contributed by atoms with Gasteiger partial charge >= 0.3 is 0 Å². The van der Waals surface area contributed by atoms with Crippen molar-refractivity contribution < 1.29 is 0 Å². The van der Waals surface area contributed by atoms with Crippen molar-refractivity contribution in [1.82, 2.24) is 10.2 Å². The van der Waals surface area contributed by atoms with E-state index in [4.69, 9.17) is 11.6 Å². The largest absolute Gasteiger partial charge is 0.307 e. The van der Waals surface area contributed by atoms with Crippen molar-refractivity contribution in [1.29, 1.82) is 0 Å². The fourth-order valence-corrected chi connectivity index (χ4v) is 3.06. The van der Waals surface area contributed by atoms with Crippen LogP contribution in [0.15, 0.2) is 24.3 Å². The number of nitrogens with one attached hydrogen (secondary N) is 1. The first kappa shape index (κ1) is 14.8. The maximum absolute atomic E-state index is 6.06. The minimum absolute atomic E-state index is 0.372. The molecule has 0 saturated carbocycles. The van der Waals surface area contributed by atoms with Gasteiger partial charge in [-0.25, -0.2) is 0 Å². The van der Waals surface area contributed by atoms with E-state index in [-0.39, 0.29) is 0 Å². The Bertz CT molecular complexity index is 394. The standard InChI is InChI=1S/C16H25ClN2/c1-3-19-10-5-8-16(9-11-19)18-13(2)14-6-4-7-15(17)12-14/h4,6-7,12-13,16,18H,3,5,8-11H2,1-2H3. The molecule has 1 aliphatic heterocycles. The van der Waals surface area contributed by atoms with Crippen molar-refractivity contribution in [2.45, 2.75) is 45.2 Å². The van der Waals surface area contributed by atoms with Crippen LogP contribution in [0.3, 0.4) is 0 Å². The van der Waals surface area contributed by atoms with Gasteiger partial charge in [0.1, 0.15) is 0 Å². The highest BCUT2D eigenvalue weighted by molar-refractivity contribution is 6.30. The summed E-state index contributed by atoms with van der Waals surface area (Å²) in [5.41, 5.74) is 1.28. The number of halogens is 1. The topological polar surface area (TPSA) is 15.3 Å². The van der Waals surface area contributed by atoms with E-state index in [9.17, 15) is 0 Å². The molecule has 1 heterocycles. The number of hydrogen-bond acceptors (Lipinski definition) is 2. The molecular weight excluding hydrogens is 256 g/mol. The van der Waals surface area contributed by atoms with E-state index in [2.05, 4.69) is 36.2 Å². The zero-order valence-corrected chi connectivity index (χ0v) is 12.8. The Morgan fingerprint density at radius 2 is 2.21 bits per heavy atom. The van der Waals surface area contributed by atoms with E-state index < -0.39 is 0 Å². The molecule has 106 valence electrons. The Labute approximate surface area is 122 Å². The number of rotatable bonds is 4. The van der Waals surface area contributed by atoms with Crippen LogP contribution in [0.2, 0.25) is 5.02 Å². The second-order valence-electron chi connectivity index (χ2n) is 5.51. The van der Waals surface area contributed by atoms with E-state index in [1.807, 2.05) is 12.1 Å². The molecule has 1 N–H and O–H groups in total. The molecule has 2 rings (SSSR count). The molecule has 1 aliphatic rings. The van der Waals surface area contributed by atoms with Gasteiger partial charge in [-0.05, 0) is 63.5 Å². The fourth-order valence-electron chi connectivity index (χ4n) is 2.86. The van der Waals surface area contributed by atoms with Crippen LogP contribution >= 0.6 is 11.6 Å². The van der Waals surface area contributed by atoms with Crippen LogP contribution in [0.4, 0.5) is 0 Å². The zero-order chi connectivity index (χ0) is 13.7. The molecule has 2 unspecified atom stereocenters. The third kappa shape index (κ3) is 4.48. The first-order valence-electron chi connectivity index (χ1n) is 7.43. The molecule has 0 radical (unpaired) electrons. The summed E-state index contributed by atoms with van der Waals surface area (Å²) in [7, 11) is 0. The van der Waals surface area contributed by atoms with Gasteiger partial charge in [0.25, 0.3) is 0 Å². The average molecular weight is 281 g/mol. The number of benzene rings is 1. The van der Waals surface area contributed by atoms with E-state index in [0.29, 0.717) is 12.1 Å². The highest BCUT2D eigenvalue weighted by Crippen LogP contribution is 2.20. The Morgan fingerprint density at radius 3 is 2.95 bits per heavy atom. The van der Waals surface area contributed by atoms with Gasteiger partial charge < -0.3 is 10.2 Å². The molecule has 3 heteroatoms. The second-order valence-corrected chi connectivity index (χ2v) is 5.94. The van der Waals surface area contributed by atoms with Crippen LogP contribution in [0.5, 0.6) is 0 Å². The highest BCUT2D eigenvalue weighted by Gasteiger charge is 2.18. The fraction of sp³-hybridized carbons (Fsp3) is 0.625. The van der Waals surface area contributed by atoms with Crippen molar-refractivity contribution in [2.75, 3.05) is 19.6 Å². The van der Waals surface area contributed by atoms with E-state index in [1.165, 1.54) is 44.5 Å². The van der Waals surface area contributed by atoms with Crippen LogP contribution in [0.1, 0.15) is 44.7 Å². The van der Waals surface area contributed by atoms with Gasteiger partial charge in [-0.2, -0.15) is 0 Å². The predicted molar refractivity (Wildman–Crippen MR) is 82.8 cm³/mol. The van der Waals surface area contributed by atoms with Crippen molar-refractivity contribution in [3.05, 3.63) is 34.9 Å². The molecule has 2 atom stereocenters. The maximum atomic E-state index is 6.06. The van der Waals surface area contributed by atoms with Gasteiger partial charge in [-0.3, -0.25) is 0 Å². The maximum Gasteiger partial charge on any atom is 0.0409 e. The van der Waals surface area contributed by atoms with Crippen LogP contribution < -0.4 is 5.32 Å². The lowest BCUT2D eigenvalue weighted by molar-refractivity contribution is 0.295. The first-order chi connectivity index (χ1) is 9.19. The van der Waals surface area contributed by atoms with Crippen molar-refractivity contribution in [3.8, 4) is 0 Å². The Hall–Kier alpha value is -0.570. The lowest BCUT2D eigenvalue weighted by Crippen LogP contribution is -2.32. The van der Waals surface area contributed by atoms with E-state index in [1.54, 1.807) is 0 Å². The average Bonchev–Trinajstić information content (AvgIpc) is 2.64. The molecule has 0 spiro atoms. The van der Waals surface area contributed by atoms with E-state index in [0.717, 1.165) is 5.02 Å². The molecule has 19 heavy (non-hydrogen) atoms. The summed E-state index contributed by atoms with van der Waals surface area (Å²) in [6, 6.07) is 9.18. The van der Waals surface area contributed by atoms with Gasteiger partial charge in [0.05, 0.1) is 0 Å². The van der Waals surface area contributed by atoms with Gasteiger partial charge in [-0.1, -0.05) is 30.7 Å². The zero-order valence-electron chi connectivity index (χ0n) is 12.0.